The van der Waals surface area contributed by atoms with E-state index in [1.54, 1.807) is 0 Å². The first-order valence-corrected chi connectivity index (χ1v) is 7.06. The van der Waals surface area contributed by atoms with Crippen molar-refractivity contribution in [1.29, 1.82) is 0 Å². The molecule has 1 amide bonds. The van der Waals surface area contributed by atoms with Crippen LogP contribution in [0.15, 0.2) is 0 Å². The largest absolute Gasteiger partial charge is 0.344 e. The Kier molecular flexibility index (Phi) is 5.60. The molecule has 1 atom stereocenters. The Morgan fingerprint density at radius 1 is 1.33 bits per heavy atom. The van der Waals surface area contributed by atoms with E-state index >= 15 is 0 Å². The molecule has 0 heterocycles. The maximum absolute atomic E-state index is 12.3. The van der Waals surface area contributed by atoms with Gasteiger partial charge in [-0.1, -0.05) is 13.8 Å². The SMILES string of the molecule is CCNCC(C)C(=O)N(C)CC1(N(C)C)CCC1. The Hall–Kier alpha value is -0.610. The lowest BCUT2D eigenvalue weighted by Gasteiger charge is -2.49. The highest BCUT2D eigenvalue weighted by molar-refractivity contribution is 5.78. The molecule has 1 N–H and O–H groups in total. The molecule has 1 aliphatic carbocycles. The molecule has 0 bridgehead atoms. The fourth-order valence-corrected chi connectivity index (χ4v) is 2.68. The van der Waals surface area contributed by atoms with Crippen molar-refractivity contribution in [1.82, 2.24) is 15.1 Å². The summed E-state index contributed by atoms with van der Waals surface area (Å²) in [5, 5.41) is 3.24. The van der Waals surface area contributed by atoms with Gasteiger partial charge in [-0.25, -0.2) is 0 Å². The van der Waals surface area contributed by atoms with Gasteiger partial charge in [-0.2, -0.15) is 0 Å². The number of nitrogens with zero attached hydrogens (tertiary/aromatic N) is 2. The average molecular weight is 255 g/mol. The summed E-state index contributed by atoms with van der Waals surface area (Å²) in [7, 11) is 6.19. The second kappa shape index (κ2) is 6.53. The number of hydrogen-bond acceptors (Lipinski definition) is 3. The van der Waals surface area contributed by atoms with Gasteiger partial charge >= 0.3 is 0 Å². The Morgan fingerprint density at radius 2 is 1.94 bits per heavy atom. The van der Waals surface area contributed by atoms with Crippen LogP contribution in [0.2, 0.25) is 0 Å². The van der Waals surface area contributed by atoms with Crippen LogP contribution in [0.5, 0.6) is 0 Å². The maximum atomic E-state index is 12.3. The molecule has 18 heavy (non-hydrogen) atoms. The predicted molar refractivity (Wildman–Crippen MR) is 75.6 cm³/mol. The predicted octanol–water partition coefficient (Wildman–Crippen LogP) is 1.17. The van der Waals surface area contributed by atoms with Gasteiger partial charge < -0.3 is 15.1 Å². The molecule has 1 rings (SSSR count). The van der Waals surface area contributed by atoms with E-state index in [1.807, 2.05) is 18.9 Å². The van der Waals surface area contributed by atoms with Crippen molar-refractivity contribution in [3.63, 3.8) is 0 Å². The molecule has 1 saturated carbocycles. The highest BCUT2D eigenvalue weighted by atomic mass is 16.2. The minimum absolute atomic E-state index is 0.0641. The van der Waals surface area contributed by atoms with Crippen molar-refractivity contribution in [2.24, 2.45) is 5.92 Å². The summed E-state index contributed by atoms with van der Waals surface area (Å²) in [6.07, 6.45) is 3.70. The van der Waals surface area contributed by atoms with Gasteiger partial charge in [0.15, 0.2) is 0 Å². The molecular weight excluding hydrogens is 226 g/mol. The molecule has 4 nitrogen and oxygen atoms in total. The minimum atomic E-state index is 0.0641. The molecule has 0 radical (unpaired) electrons. The fraction of sp³-hybridized carbons (Fsp3) is 0.929. The zero-order valence-corrected chi connectivity index (χ0v) is 12.6. The highest BCUT2D eigenvalue weighted by Gasteiger charge is 2.40. The van der Waals surface area contributed by atoms with E-state index in [0.717, 1.165) is 19.6 Å². The van der Waals surface area contributed by atoms with Crippen LogP contribution >= 0.6 is 0 Å². The summed E-state index contributed by atoms with van der Waals surface area (Å²) in [5.41, 5.74) is 0.225. The summed E-state index contributed by atoms with van der Waals surface area (Å²) >= 11 is 0. The normalized spacial score (nSPS) is 19.4. The van der Waals surface area contributed by atoms with Crippen LogP contribution in [0.4, 0.5) is 0 Å². The van der Waals surface area contributed by atoms with E-state index in [1.165, 1.54) is 19.3 Å². The summed E-state index contributed by atoms with van der Waals surface area (Å²) in [5.74, 6) is 0.318. The highest BCUT2D eigenvalue weighted by Crippen LogP contribution is 2.36. The monoisotopic (exact) mass is 255 g/mol. The molecule has 1 fully saturated rings. The van der Waals surface area contributed by atoms with Crippen LogP contribution in [0.1, 0.15) is 33.1 Å². The van der Waals surface area contributed by atoms with Crippen LogP contribution in [-0.2, 0) is 4.79 Å². The Morgan fingerprint density at radius 3 is 2.33 bits per heavy atom. The summed E-state index contributed by atoms with van der Waals surface area (Å²) < 4.78 is 0. The van der Waals surface area contributed by atoms with Crippen molar-refractivity contribution in [3.8, 4) is 0 Å². The van der Waals surface area contributed by atoms with E-state index in [9.17, 15) is 4.79 Å². The second-order valence-electron chi connectivity index (χ2n) is 5.88. The van der Waals surface area contributed by atoms with Gasteiger partial charge in [0.25, 0.3) is 0 Å². The van der Waals surface area contributed by atoms with Gasteiger partial charge in [0.2, 0.25) is 5.91 Å². The zero-order chi connectivity index (χ0) is 13.8. The van der Waals surface area contributed by atoms with Gasteiger partial charge in [-0.3, -0.25) is 4.79 Å². The Bertz CT molecular complexity index is 274. The van der Waals surface area contributed by atoms with E-state index in [4.69, 9.17) is 0 Å². The van der Waals surface area contributed by atoms with Crippen LogP contribution in [-0.4, -0.2) is 62.0 Å². The third kappa shape index (κ3) is 3.45. The third-order valence-corrected chi connectivity index (χ3v) is 4.26. The lowest BCUT2D eigenvalue weighted by Crippen LogP contribution is -2.58. The Balaban J connectivity index is 2.48. The molecule has 4 heteroatoms. The third-order valence-electron chi connectivity index (χ3n) is 4.26. The molecule has 0 aliphatic heterocycles. The maximum Gasteiger partial charge on any atom is 0.226 e. The number of carbonyl (C=O) groups excluding carboxylic acids is 1. The fourth-order valence-electron chi connectivity index (χ4n) is 2.68. The van der Waals surface area contributed by atoms with Gasteiger partial charge in [-0.15, -0.1) is 0 Å². The van der Waals surface area contributed by atoms with E-state index in [0.29, 0.717) is 0 Å². The minimum Gasteiger partial charge on any atom is -0.344 e. The average Bonchev–Trinajstić information content (AvgIpc) is 2.28. The molecule has 0 aromatic rings. The van der Waals surface area contributed by atoms with E-state index in [-0.39, 0.29) is 17.4 Å². The molecule has 0 spiro atoms. The summed E-state index contributed by atoms with van der Waals surface area (Å²) in [6, 6.07) is 0. The number of nitrogens with one attached hydrogen (secondary N) is 1. The first-order valence-electron chi connectivity index (χ1n) is 7.06. The van der Waals surface area contributed by atoms with Crippen molar-refractivity contribution in [2.75, 3.05) is 40.8 Å². The van der Waals surface area contributed by atoms with Crippen LogP contribution in [0.25, 0.3) is 0 Å². The lowest BCUT2D eigenvalue weighted by atomic mass is 9.75. The number of likely N-dealkylation sites (N-methyl/N-ethyl adjacent to an activating group) is 2. The molecular formula is C14H29N3O. The van der Waals surface area contributed by atoms with Crippen molar-refractivity contribution in [2.45, 2.75) is 38.6 Å². The van der Waals surface area contributed by atoms with E-state index in [2.05, 4.69) is 31.2 Å². The van der Waals surface area contributed by atoms with Gasteiger partial charge in [0.1, 0.15) is 0 Å². The smallest absolute Gasteiger partial charge is 0.226 e. The van der Waals surface area contributed by atoms with Crippen LogP contribution in [0.3, 0.4) is 0 Å². The quantitative estimate of drug-likeness (QED) is 0.742. The molecule has 1 unspecified atom stereocenters. The van der Waals surface area contributed by atoms with Crippen LogP contribution < -0.4 is 5.32 Å². The first kappa shape index (κ1) is 15.4. The lowest BCUT2D eigenvalue weighted by molar-refractivity contribution is -0.136. The number of rotatable bonds is 7. The van der Waals surface area contributed by atoms with Crippen molar-refractivity contribution in [3.05, 3.63) is 0 Å². The van der Waals surface area contributed by atoms with Crippen molar-refractivity contribution >= 4 is 5.91 Å². The van der Waals surface area contributed by atoms with Crippen molar-refractivity contribution < 1.29 is 4.79 Å². The second-order valence-corrected chi connectivity index (χ2v) is 5.88. The van der Waals surface area contributed by atoms with Crippen LogP contribution in [0, 0.1) is 5.92 Å². The molecule has 0 aromatic carbocycles. The summed E-state index contributed by atoms with van der Waals surface area (Å²) in [6.45, 7) is 6.62. The summed E-state index contributed by atoms with van der Waals surface area (Å²) in [4.78, 5) is 16.5. The van der Waals surface area contributed by atoms with Gasteiger partial charge in [-0.05, 0) is 39.9 Å². The zero-order valence-electron chi connectivity index (χ0n) is 12.6. The topological polar surface area (TPSA) is 35.6 Å². The number of carbonyl (C=O) groups is 1. The van der Waals surface area contributed by atoms with Gasteiger partial charge in [0.05, 0.1) is 0 Å². The number of amides is 1. The molecule has 106 valence electrons. The van der Waals surface area contributed by atoms with E-state index < -0.39 is 0 Å². The Labute approximate surface area is 112 Å². The van der Waals surface area contributed by atoms with Gasteiger partial charge in [0, 0.05) is 31.6 Å². The molecule has 0 saturated heterocycles. The molecule has 0 aromatic heterocycles. The standard InChI is InChI=1S/C14H29N3O/c1-6-15-10-12(2)13(18)17(5)11-14(16(3)4)8-7-9-14/h12,15H,6-11H2,1-5H3. The number of hydrogen-bond donors (Lipinski definition) is 1. The molecule has 1 aliphatic rings. The first-order chi connectivity index (χ1) is 8.43.